The number of alkyl halides is 1. The highest BCUT2D eigenvalue weighted by Gasteiger charge is 2.29. The van der Waals surface area contributed by atoms with Crippen LogP contribution in [0.2, 0.25) is 0 Å². The van der Waals surface area contributed by atoms with Crippen LogP contribution in [0.5, 0.6) is 0 Å². The summed E-state index contributed by atoms with van der Waals surface area (Å²) in [5.74, 6) is 0. The van der Waals surface area contributed by atoms with Crippen LogP contribution in [-0.4, -0.2) is 16.9 Å². The zero-order valence-electron chi connectivity index (χ0n) is 4.64. The third-order valence-corrected chi connectivity index (χ3v) is 1.74. The van der Waals surface area contributed by atoms with Crippen molar-refractivity contribution in [1.82, 2.24) is 0 Å². The van der Waals surface area contributed by atoms with Gasteiger partial charge in [-0.1, -0.05) is 0 Å². The first-order chi connectivity index (χ1) is 4.18. The molecule has 0 aliphatic heterocycles. The van der Waals surface area contributed by atoms with Crippen molar-refractivity contribution < 1.29 is 9.53 Å². The van der Waals surface area contributed by atoms with Crippen LogP contribution in [0.4, 0.5) is 4.79 Å². The van der Waals surface area contributed by atoms with Gasteiger partial charge in [-0.25, -0.2) is 4.79 Å². The van der Waals surface area contributed by atoms with Gasteiger partial charge in [0.2, 0.25) is 0 Å². The van der Waals surface area contributed by atoms with Crippen molar-refractivity contribution in [3.63, 3.8) is 0 Å². The number of hydrogen-bond donors (Lipinski definition) is 0. The number of carbonyl (C=O) groups excluding carboxylic acids is 1. The molecule has 1 saturated carbocycles. The van der Waals surface area contributed by atoms with Crippen molar-refractivity contribution in [3.8, 4) is 0 Å². The molecule has 0 saturated heterocycles. The van der Waals surface area contributed by atoms with E-state index in [1.165, 1.54) is 0 Å². The first kappa shape index (κ1) is 7.16. The Morgan fingerprint density at radius 2 is 2.11 bits per heavy atom. The van der Waals surface area contributed by atoms with Crippen LogP contribution in [0.25, 0.3) is 0 Å². The van der Waals surface area contributed by atoms with Gasteiger partial charge in [-0.05, 0) is 0 Å². The quantitative estimate of drug-likeness (QED) is 0.443. The molecule has 0 aromatic rings. The van der Waals surface area contributed by atoms with E-state index in [0.29, 0.717) is 0 Å². The summed E-state index contributed by atoms with van der Waals surface area (Å²) in [6.07, 6.45) is 1.44. The number of ether oxygens (including phenoxy) is 1. The van der Waals surface area contributed by atoms with Gasteiger partial charge >= 0.3 is 5.43 Å². The van der Waals surface area contributed by atoms with Crippen molar-refractivity contribution in [2.45, 2.75) is 24.3 Å². The van der Waals surface area contributed by atoms with Gasteiger partial charge in [0.1, 0.15) is 6.10 Å². The lowest BCUT2D eigenvalue weighted by atomic mass is 9.95. The molecule has 0 aromatic heterocycles. The average Bonchev–Trinajstić information content (AvgIpc) is 1.60. The minimum Gasteiger partial charge on any atom is -0.450 e. The monoisotopic (exact) mass is 168 g/mol. The molecule has 2 nitrogen and oxygen atoms in total. The molecule has 1 rings (SSSR count). The smallest absolute Gasteiger partial charge is 0.404 e. The van der Waals surface area contributed by atoms with Gasteiger partial charge in [0, 0.05) is 29.8 Å². The largest absolute Gasteiger partial charge is 0.450 e. The maximum absolute atomic E-state index is 10.1. The molecule has 0 atom stereocenters. The lowest BCUT2D eigenvalue weighted by Gasteiger charge is -2.29. The molecule has 0 N–H and O–H groups in total. The first-order valence-electron chi connectivity index (χ1n) is 2.68. The molecule has 0 radical (unpaired) electrons. The van der Waals surface area contributed by atoms with E-state index in [-0.39, 0.29) is 11.5 Å². The minimum atomic E-state index is -0.733. The maximum atomic E-state index is 10.1. The lowest BCUT2D eigenvalue weighted by molar-refractivity contribution is 0.0731. The molecule has 0 spiro atoms. The highest BCUT2D eigenvalue weighted by Crippen LogP contribution is 2.28. The molecule has 1 aliphatic carbocycles. The van der Waals surface area contributed by atoms with Crippen LogP contribution in [-0.2, 0) is 4.74 Å². The Hall–Kier alpha value is 0.0500. The second kappa shape index (κ2) is 2.76. The summed E-state index contributed by atoms with van der Waals surface area (Å²) in [6, 6.07) is 0. The molecule has 1 fully saturated rings. The van der Waals surface area contributed by atoms with Gasteiger partial charge in [-0.2, -0.15) is 0 Å². The summed E-state index contributed by atoms with van der Waals surface area (Å²) in [7, 11) is 0. The van der Waals surface area contributed by atoms with E-state index in [0.717, 1.165) is 12.8 Å². The van der Waals surface area contributed by atoms with Crippen LogP contribution in [0, 0.1) is 0 Å². The van der Waals surface area contributed by atoms with E-state index in [1.54, 1.807) is 0 Å². The minimum absolute atomic E-state index is 0.0301. The van der Waals surface area contributed by atoms with Gasteiger partial charge in [0.25, 0.3) is 0 Å². The van der Waals surface area contributed by atoms with Crippen LogP contribution in [0.15, 0.2) is 0 Å². The predicted molar refractivity (Wildman–Crippen MR) is 35.0 cm³/mol. The van der Waals surface area contributed by atoms with Gasteiger partial charge in [-0.3, -0.25) is 0 Å². The number of hydrogen-bond acceptors (Lipinski definition) is 2. The Morgan fingerprint density at radius 3 is 2.44 bits per heavy atom. The Bertz CT molecular complexity index is 120. The van der Waals surface area contributed by atoms with E-state index >= 15 is 0 Å². The third kappa shape index (κ3) is 2.03. The standard InChI is InChI=1S/C5H6Cl2O2/c6-3-1-4(2-3)9-5(7)8/h3-4H,1-2H2. The Balaban J connectivity index is 2.11. The summed E-state index contributed by atoms with van der Waals surface area (Å²) >= 11 is 10.5. The molecule has 1 aliphatic rings. The van der Waals surface area contributed by atoms with E-state index in [9.17, 15) is 4.79 Å². The highest BCUT2D eigenvalue weighted by molar-refractivity contribution is 6.61. The second-order valence-electron chi connectivity index (χ2n) is 2.05. The number of carbonyl (C=O) groups is 1. The van der Waals surface area contributed by atoms with E-state index in [2.05, 4.69) is 4.74 Å². The van der Waals surface area contributed by atoms with Crippen molar-refractivity contribution in [2.75, 3.05) is 0 Å². The summed E-state index contributed by atoms with van der Waals surface area (Å²) in [5, 5.41) is 0.172. The molecule has 0 amide bonds. The summed E-state index contributed by atoms with van der Waals surface area (Å²) < 4.78 is 4.60. The van der Waals surface area contributed by atoms with Crippen molar-refractivity contribution in [2.24, 2.45) is 0 Å². The van der Waals surface area contributed by atoms with Crippen molar-refractivity contribution in [1.29, 1.82) is 0 Å². The normalized spacial score (nSPS) is 33.1. The zero-order valence-corrected chi connectivity index (χ0v) is 6.15. The van der Waals surface area contributed by atoms with Crippen LogP contribution in [0.3, 0.4) is 0 Å². The predicted octanol–water partition coefficient (Wildman–Crippen LogP) is 2.13. The third-order valence-electron chi connectivity index (χ3n) is 1.30. The average molecular weight is 169 g/mol. The zero-order chi connectivity index (χ0) is 6.85. The van der Waals surface area contributed by atoms with E-state index in [4.69, 9.17) is 23.2 Å². The topological polar surface area (TPSA) is 26.3 Å². The fraction of sp³-hybridized carbons (Fsp3) is 0.800. The Labute approximate surface area is 63.1 Å². The summed E-state index contributed by atoms with van der Waals surface area (Å²) in [6.45, 7) is 0. The van der Waals surface area contributed by atoms with Crippen LogP contribution < -0.4 is 0 Å². The Kier molecular flexibility index (Phi) is 2.19. The second-order valence-corrected chi connectivity index (χ2v) is 2.97. The molecule has 0 heterocycles. The molecule has 0 bridgehead atoms. The molecule has 52 valence electrons. The van der Waals surface area contributed by atoms with Crippen molar-refractivity contribution >= 4 is 28.6 Å². The van der Waals surface area contributed by atoms with Gasteiger partial charge < -0.3 is 4.74 Å². The molecule has 0 aromatic carbocycles. The maximum Gasteiger partial charge on any atom is 0.404 e. The number of halogens is 2. The highest BCUT2D eigenvalue weighted by atomic mass is 35.5. The van der Waals surface area contributed by atoms with Gasteiger partial charge in [0.05, 0.1) is 0 Å². The summed E-state index contributed by atoms with van der Waals surface area (Å²) in [5.41, 5.74) is -0.733. The molecule has 4 heteroatoms. The lowest BCUT2D eigenvalue weighted by Crippen LogP contribution is -2.32. The fourth-order valence-corrected chi connectivity index (χ4v) is 1.25. The molecular formula is C5H6Cl2O2. The Morgan fingerprint density at radius 1 is 1.56 bits per heavy atom. The number of rotatable bonds is 1. The first-order valence-corrected chi connectivity index (χ1v) is 3.50. The van der Waals surface area contributed by atoms with E-state index in [1.807, 2.05) is 0 Å². The molecular weight excluding hydrogens is 163 g/mol. The van der Waals surface area contributed by atoms with E-state index < -0.39 is 5.43 Å². The van der Waals surface area contributed by atoms with Gasteiger partial charge in [0.15, 0.2) is 0 Å². The van der Waals surface area contributed by atoms with Gasteiger partial charge in [-0.15, -0.1) is 11.6 Å². The fourth-order valence-electron chi connectivity index (χ4n) is 0.729. The van der Waals surface area contributed by atoms with Crippen LogP contribution >= 0.6 is 23.2 Å². The van der Waals surface area contributed by atoms with Crippen LogP contribution in [0.1, 0.15) is 12.8 Å². The SMILES string of the molecule is O=C(Cl)OC1CC(Cl)C1. The summed E-state index contributed by atoms with van der Waals surface area (Å²) in [4.78, 5) is 10.1. The molecule has 9 heavy (non-hydrogen) atoms. The molecule has 0 unspecified atom stereocenters. The van der Waals surface area contributed by atoms with Crippen molar-refractivity contribution in [3.05, 3.63) is 0 Å².